The molecule has 0 amide bonds. The van der Waals surface area contributed by atoms with Gasteiger partial charge in [0.05, 0.1) is 7.11 Å². The van der Waals surface area contributed by atoms with Crippen LogP contribution in [0.1, 0.15) is 50.7 Å². The summed E-state index contributed by atoms with van der Waals surface area (Å²) in [5.41, 5.74) is 3.00. The van der Waals surface area contributed by atoms with Crippen LogP contribution in [0.2, 0.25) is 0 Å². The molecule has 0 atom stereocenters. The highest BCUT2D eigenvalue weighted by Crippen LogP contribution is 2.49. The average Bonchev–Trinajstić information content (AvgIpc) is 2.42. The van der Waals surface area contributed by atoms with Crippen LogP contribution in [0.15, 0.2) is 18.2 Å². The third-order valence-electron chi connectivity index (χ3n) is 4.85. The summed E-state index contributed by atoms with van der Waals surface area (Å²) in [4.78, 5) is 0. The molecule has 0 spiro atoms. The number of aryl methyl sites for hydroxylation is 1. The van der Waals surface area contributed by atoms with E-state index in [4.69, 9.17) is 4.74 Å². The van der Waals surface area contributed by atoms with Crippen LogP contribution in [0.4, 0.5) is 0 Å². The van der Waals surface area contributed by atoms with E-state index in [9.17, 15) is 0 Å². The second kappa shape index (κ2) is 6.62. The maximum atomic E-state index is 5.51. The SMILES string of the molecule is CCCNCC1(c2ccc(C)c(OC)c2)CC(CC)C1. The lowest BCUT2D eigenvalue weighted by Crippen LogP contribution is -2.48. The normalized spacial score (nSPS) is 25.3. The summed E-state index contributed by atoms with van der Waals surface area (Å²) in [5, 5.41) is 3.63. The molecule has 0 aromatic heterocycles. The highest BCUT2D eigenvalue weighted by Gasteiger charge is 2.44. The van der Waals surface area contributed by atoms with Gasteiger partial charge in [0.2, 0.25) is 0 Å². The highest BCUT2D eigenvalue weighted by atomic mass is 16.5. The Bertz CT molecular complexity index is 435. The average molecular weight is 275 g/mol. The van der Waals surface area contributed by atoms with Crippen LogP contribution < -0.4 is 10.1 Å². The van der Waals surface area contributed by atoms with Gasteiger partial charge in [0, 0.05) is 12.0 Å². The molecule has 2 rings (SSSR count). The van der Waals surface area contributed by atoms with Crippen molar-refractivity contribution < 1.29 is 4.74 Å². The smallest absolute Gasteiger partial charge is 0.122 e. The third-order valence-corrected chi connectivity index (χ3v) is 4.85. The number of methoxy groups -OCH3 is 1. The summed E-state index contributed by atoms with van der Waals surface area (Å²) >= 11 is 0. The lowest BCUT2D eigenvalue weighted by Gasteiger charge is -2.48. The molecule has 1 fully saturated rings. The van der Waals surface area contributed by atoms with E-state index in [0.717, 1.165) is 24.8 Å². The molecule has 0 saturated heterocycles. The lowest BCUT2D eigenvalue weighted by atomic mass is 9.57. The van der Waals surface area contributed by atoms with Crippen LogP contribution in [-0.2, 0) is 5.41 Å². The summed E-state index contributed by atoms with van der Waals surface area (Å²) in [6.45, 7) is 8.86. The topological polar surface area (TPSA) is 21.3 Å². The molecule has 1 N–H and O–H groups in total. The summed E-state index contributed by atoms with van der Waals surface area (Å²) in [7, 11) is 1.77. The quantitative estimate of drug-likeness (QED) is 0.758. The first-order valence-corrected chi connectivity index (χ1v) is 8.01. The molecular formula is C18H29NO. The van der Waals surface area contributed by atoms with Gasteiger partial charge in [-0.1, -0.05) is 32.4 Å². The van der Waals surface area contributed by atoms with Crippen molar-refractivity contribution in [2.24, 2.45) is 5.92 Å². The second-order valence-corrected chi connectivity index (χ2v) is 6.32. The van der Waals surface area contributed by atoms with Gasteiger partial charge in [-0.25, -0.2) is 0 Å². The molecule has 2 heteroatoms. The van der Waals surface area contributed by atoms with E-state index >= 15 is 0 Å². The largest absolute Gasteiger partial charge is 0.496 e. The molecule has 1 aromatic rings. The number of ether oxygens (including phenoxy) is 1. The van der Waals surface area contributed by atoms with Crippen molar-refractivity contribution in [2.75, 3.05) is 20.2 Å². The fraction of sp³-hybridized carbons (Fsp3) is 0.667. The van der Waals surface area contributed by atoms with E-state index in [1.165, 1.54) is 36.8 Å². The van der Waals surface area contributed by atoms with Gasteiger partial charge >= 0.3 is 0 Å². The molecule has 1 aromatic carbocycles. The Labute approximate surface area is 123 Å². The molecule has 20 heavy (non-hydrogen) atoms. The molecular weight excluding hydrogens is 246 g/mol. The van der Waals surface area contributed by atoms with E-state index < -0.39 is 0 Å². The van der Waals surface area contributed by atoms with Crippen molar-refractivity contribution in [1.29, 1.82) is 0 Å². The van der Waals surface area contributed by atoms with Crippen molar-refractivity contribution >= 4 is 0 Å². The zero-order chi connectivity index (χ0) is 14.6. The van der Waals surface area contributed by atoms with E-state index in [2.05, 4.69) is 44.3 Å². The van der Waals surface area contributed by atoms with Gasteiger partial charge in [-0.3, -0.25) is 0 Å². The first kappa shape index (κ1) is 15.4. The van der Waals surface area contributed by atoms with E-state index in [0.29, 0.717) is 5.41 Å². The van der Waals surface area contributed by atoms with Crippen molar-refractivity contribution in [3.05, 3.63) is 29.3 Å². The predicted molar refractivity (Wildman–Crippen MR) is 85.6 cm³/mol. The first-order chi connectivity index (χ1) is 9.65. The van der Waals surface area contributed by atoms with Crippen LogP contribution in [0.3, 0.4) is 0 Å². The van der Waals surface area contributed by atoms with Crippen molar-refractivity contribution in [1.82, 2.24) is 5.32 Å². The van der Waals surface area contributed by atoms with Gasteiger partial charge in [-0.15, -0.1) is 0 Å². The Morgan fingerprint density at radius 2 is 2.05 bits per heavy atom. The van der Waals surface area contributed by atoms with Gasteiger partial charge < -0.3 is 10.1 Å². The minimum atomic E-state index is 0.330. The van der Waals surface area contributed by atoms with Crippen LogP contribution in [0, 0.1) is 12.8 Å². The van der Waals surface area contributed by atoms with E-state index in [1.807, 2.05) is 0 Å². The Balaban J connectivity index is 2.18. The summed E-state index contributed by atoms with van der Waals surface area (Å²) in [5.74, 6) is 1.92. The van der Waals surface area contributed by atoms with Gasteiger partial charge in [-0.05, 0) is 55.8 Å². The zero-order valence-corrected chi connectivity index (χ0v) is 13.5. The maximum Gasteiger partial charge on any atom is 0.122 e. The number of benzene rings is 1. The Morgan fingerprint density at radius 3 is 2.65 bits per heavy atom. The molecule has 0 radical (unpaired) electrons. The van der Waals surface area contributed by atoms with Gasteiger partial charge in [-0.2, -0.15) is 0 Å². The predicted octanol–water partition coefficient (Wildman–Crippen LogP) is 4.06. The first-order valence-electron chi connectivity index (χ1n) is 8.01. The lowest BCUT2D eigenvalue weighted by molar-refractivity contribution is 0.134. The summed E-state index contributed by atoms with van der Waals surface area (Å²) in [6, 6.07) is 6.77. The minimum absolute atomic E-state index is 0.330. The van der Waals surface area contributed by atoms with Crippen LogP contribution in [0.5, 0.6) is 5.75 Å². The molecule has 112 valence electrons. The number of rotatable bonds is 7. The highest BCUT2D eigenvalue weighted by molar-refractivity contribution is 5.41. The number of nitrogens with one attached hydrogen (secondary N) is 1. The van der Waals surface area contributed by atoms with Crippen LogP contribution in [0.25, 0.3) is 0 Å². The van der Waals surface area contributed by atoms with E-state index in [1.54, 1.807) is 7.11 Å². The Kier molecular flexibility index (Phi) is 5.09. The number of hydrogen-bond acceptors (Lipinski definition) is 2. The fourth-order valence-electron chi connectivity index (χ4n) is 3.47. The summed E-state index contributed by atoms with van der Waals surface area (Å²) < 4.78 is 5.51. The number of hydrogen-bond donors (Lipinski definition) is 1. The van der Waals surface area contributed by atoms with Gasteiger partial charge in [0.1, 0.15) is 5.75 Å². The molecule has 0 heterocycles. The Morgan fingerprint density at radius 1 is 1.30 bits per heavy atom. The Hall–Kier alpha value is -1.02. The molecule has 0 bridgehead atoms. The van der Waals surface area contributed by atoms with Crippen molar-refractivity contribution in [2.45, 2.75) is 51.9 Å². The minimum Gasteiger partial charge on any atom is -0.496 e. The fourth-order valence-corrected chi connectivity index (χ4v) is 3.47. The molecule has 1 aliphatic rings. The van der Waals surface area contributed by atoms with Gasteiger partial charge in [0.15, 0.2) is 0 Å². The summed E-state index contributed by atoms with van der Waals surface area (Å²) in [6.07, 6.45) is 5.13. The molecule has 0 unspecified atom stereocenters. The standard InChI is InChI=1S/C18H29NO/c1-5-9-19-13-18(11-15(6-2)12-18)16-8-7-14(3)17(10-16)20-4/h7-8,10,15,19H,5-6,9,11-13H2,1-4H3. The molecule has 1 saturated carbocycles. The van der Waals surface area contributed by atoms with E-state index in [-0.39, 0.29) is 0 Å². The third kappa shape index (κ3) is 3.01. The molecule has 1 aliphatic carbocycles. The van der Waals surface area contributed by atoms with Crippen molar-refractivity contribution in [3.8, 4) is 5.75 Å². The zero-order valence-electron chi connectivity index (χ0n) is 13.5. The maximum absolute atomic E-state index is 5.51. The van der Waals surface area contributed by atoms with Gasteiger partial charge in [0.25, 0.3) is 0 Å². The second-order valence-electron chi connectivity index (χ2n) is 6.32. The van der Waals surface area contributed by atoms with Crippen LogP contribution >= 0.6 is 0 Å². The molecule has 2 nitrogen and oxygen atoms in total. The monoisotopic (exact) mass is 275 g/mol. The van der Waals surface area contributed by atoms with Crippen LogP contribution in [-0.4, -0.2) is 20.2 Å². The molecule has 0 aliphatic heterocycles. The van der Waals surface area contributed by atoms with Crippen molar-refractivity contribution in [3.63, 3.8) is 0 Å².